The minimum absolute atomic E-state index is 0.0289. The van der Waals surface area contributed by atoms with Crippen molar-refractivity contribution < 1.29 is 4.79 Å². The molecule has 3 rings (SSSR count). The number of hydrogen-bond acceptors (Lipinski definition) is 5. The lowest BCUT2D eigenvalue weighted by Crippen LogP contribution is -2.37. The number of aromatic nitrogens is 3. The zero-order chi connectivity index (χ0) is 18.0. The Hall–Kier alpha value is -1.73. The highest BCUT2D eigenvalue weighted by atomic mass is 32.1. The number of carbonyl (C=O) groups excluding carboxylic acids is 1. The maximum absolute atomic E-state index is 13.1. The molecule has 1 aliphatic heterocycles. The van der Waals surface area contributed by atoms with Crippen molar-refractivity contribution in [2.45, 2.75) is 59.2 Å². The Morgan fingerprint density at radius 1 is 1.36 bits per heavy atom. The summed E-state index contributed by atoms with van der Waals surface area (Å²) in [5.74, 6) is -0.0289. The fraction of sp³-hybridized carbons (Fsp3) is 0.611. The Labute approximate surface area is 153 Å². The lowest BCUT2D eigenvalue weighted by molar-refractivity contribution is 0.0685. The summed E-state index contributed by atoms with van der Waals surface area (Å²) in [5, 5.41) is 11.9. The van der Waals surface area contributed by atoms with Crippen LogP contribution in [0.2, 0.25) is 0 Å². The van der Waals surface area contributed by atoms with Crippen molar-refractivity contribution in [2.24, 2.45) is 0 Å². The first kappa shape index (κ1) is 18.1. The van der Waals surface area contributed by atoms with Crippen LogP contribution in [0.1, 0.15) is 58.7 Å². The van der Waals surface area contributed by atoms with Crippen LogP contribution in [0.3, 0.4) is 0 Å². The number of thiophene rings is 1. The van der Waals surface area contributed by atoms with Gasteiger partial charge in [-0.3, -0.25) is 4.79 Å². The van der Waals surface area contributed by atoms with E-state index in [9.17, 15) is 4.79 Å². The van der Waals surface area contributed by atoms with Crippen molar-refractivity contribution in [3.05, 3.63) is 33.3 Å². The van der Waals surface area contributed by atoms with E-state index in [-0.39, 0.29) is 11.9 Å². The molecule has 2 aromatic heterocycles. The summed E-state index contributed by atoms with van der Waals surface area (Å²) in [6, 6.07) is 4.64. The Morgan fingerprint density at radius 2 is 2.08 bits per heavy atom. The van der Waals surface area contributed by atoms with Gasteiger partial charge < -0.3 is 10.2 Å². The highest BCUT2D eigenvalue weighted by Gasteiger charge is 2.27. The van der Waals surface area contributed by atoms with Crippen molar-refractivity contribution >= 4 is 17.2 Å². The maximum atomic E-state index is 13.1. The summed E-state index contributed by atoms with van der Waals surface area (Å²) >= 11 is 1.74. The molecule has 7 heteroatoms. The summed E-state index contributed by atoms with van der Waals surface area (Å²) in [4.78, 5) is 17.5. The van der Waals surface area contributed by atoms with E-state index < -0.39 is 0 Å². The number of nitrogens with zero attached hydrogens (tertiary/aromatic N) is 4. The largest absolute Gasteiger partial charge is 0.330 e. The Kier molecular flexibility index (Phi) is 5.54. The van der Waals surface area contributed by atoms with Crippen LogP contribution in [0.5, 0.6) is 0 Å². The van der Waals surface area contributed by atoms with E-state index in [2.05, 4.69) is 34.7 Å². The van der Waals surface area contributed by atoms with Gasteiger partial charge in [0.2, 0.25) is 0 Å². The van der Waals surface area contributed by atoms with Crippen LogP contribution >= 0.6 is 11.3 Å². The fourth-order valence-electron chi connectivity index (χ4n) is 3.30. The van der Waals surface area contributed by atoms with Crippen LogP contribution in [0.25, 0.3) is 0 Å². The normalized spacial score (nSPS) is 15.7. The molecule has 2 aromatic rings. The number of rotatable bonds is 5. The smallest absolute Gasteiger partial charge is 0.276 e. The molecule has 136 valence electrons. The average molecular weight is 362 g/mol. The highest BCUT2D eigenvalue weighted by Crippen LogP contribution is 2.23. The summed E-state index contributed by atoms with van der Waals surface area (Å²) in [6.07, 6.45) is 2.06. The van der Waals surface area contributed by atoms with E-state index in [4.69, 9.17) is 0 Å². The van der Waals surface area contributed by atoms with Crippen LogP contribution in [-0.4, -0.2) is 44.9 Å². The van der Waals surface area contributed by atoms with Crippen molar-refractivity contribution in [3.63, 3.8) is 0 Å². The molecular weight excluding hydrogens is 334 g/mol. The van der Waals surface area contributed by atoms with Gasteiger partial charge in [0, 0.05) is 15.8 Å². The van der Waals surface area contributed by atoms with Crippen molar-refractivity contribution in [1.29, 1.82) is 0 Å². The van der Waals surface area contributed by atoms with Gasteiger partial charge in [-0.05, 0) is 65.8 Å². The van der Waals surface area contributed by atoms with Gasteiger partial charge in [-0.1, -0.05) is 5.21 Å². The standard InChI is InChI=1S/C18H27N5OS/c1-12(2)22(11-16-6-5-13(3)25-16)18(24)17-14(4)23(21-20-17)15-7-9-19-10-8-15/h5-6,12,15,19H,7-11H2,1-4H3. The zero-order valence-electron chi connectivity index (χ0n) is 15.5. The Bertz CT molecular complexity index is 730. The second-order valence-electron chi connectivity index (χ2n) is 6.99. The SMILES string of the molecule is Cc1ccc(CN(C(=O)c2nnn(C3CCNCC3)c2C)C(C)C)s1. The second-order valence-corrected chi connectivity index (χ2v) is 8.36. The van der Waals surface area contributed by atoms with Crippen molar-refractivity contribution in [3.8, 4) is 0 Å². The fourth-order valence-corrected chi connectivity index (χ4v) is 4.19. The molecule has 1 aliphatic rings. The van der Waals surface area contributed by atoms with E-state index in [1.54, 1.807) is 11.3 Å². The Balaban J connectivity index is 1.81. The average Bonchev–Trinajstić information content (AvgIpc) is 3.18. The first-order valence-electron chi connectivity index (χ1n) is 8.96. The third kappa shape index (κ3) is 3.93. The first-order chi connectivity index (χ1) is 12.0. The van der Waals surface area contributed by atoms with E-state index in [0.717, 1.165) is 31.6 Å². The molecule has 1 amide bonds. The predicted molar refractivity (Wildman–Crippen MR) is 100.0 cm³/mol. The minimum Gasteiger partial charge on any atom is -0.330 e. The van der Waals surface area contributed by atoms with Gasteiger partial charge in [-0.15, -0.1) is 16.4 Å². The van der Waals surface area contributed by atoms with Gasteiger partial charge in [0.25, 0.3) is 5.91 Å². The molecule has 0 bridgehead atoms. The third-order valence-electron chi connectivity index (χ3n) is 4.79. The summed E-state index contributed by atoms with van der Waals surface area (Å²) in [7, 11) is 0. The minimum atomic E-state index is -0.0289. The molecule has 0 aromatic carbocycles. The van der Waals surface area contributed by atoms with E-state index in [1.807, 2.05) is 30.4 Å². The van der Waals surface area contributed by atoms with Gasteiger partial charge in [-0.25, -0.2) is 4.68 Å². The molecule has 1 N–H and O–H groups in total. The number of hydrogen-bond donors (Lipinski definition) is 1. The van der Waals surface area contributed by atoms with Crippen LogP contribution in [0.15, 0.2) is 12.1 Å². The Morgan fingerprint density at radius 3 is 2.68 bits per heavy atom. The van der Waals surface area contributed by atoms with Gasteiger partial charge in [0.05, 0.1) is 18.3 Å². The van der Waals surface area contributed by atoms with Crippen LogP contribution < -0.4 is 5.32 Å². The number of aryl methyl sites for hydroxylation is 1. The molecular formula is C18H27N5OS. The number of amides is 1. The maximum Gasteiger partial charge on any atom is 0.276 e. The van der Waals surface area contributed by atoms with Crippen LogP contribution in [-0.2, 0) is 6.54 Å². The molecule has 1 saturated heterocycles. The quantitative estimate of drug-likeness (QED) is 0.889. The number of nitrogens with one attached hydrogen (secondary N) is 1. The molecule has 0 saturated carbocycles. The summed E-state index contributed by atoms with van der Waals surface area (Å²) in [5.41, 5.74) is 1.37. The molecule has 0 radical (unpaired) electrons. The monoisotopic (exact) mass is 361 g/mol. The molecule has 1 fully saturated rings. The van der Waals surface area contributed by atoms with Gasteiger partial charge in [0.15, 0.2) is 5.69 Å². The van der Waals surface area contributed by atoms with Crippen molar-refractivity contribution in [1.82, 2.24) is 25.2 Å². The molecule has 25 heavy (non-hydrogen) atoms. The van der Waals surface area contributed by atoms with Crippen LogP contribution in [0.4, 0.5) is 0 Å². The lowest BCUT2D eigenvalue weighted by atomic mass is 10.1. The number of piperidine rings is 1. The lowest BCUT2D eigenvalue weighted by Gasteiger charge is -2.26. The van der Waals surface area contributed by atoms with E-state index in [0.29, 0.717) is 18.3 Å². The van der Waals surface area contributed by atoms with Gasteiger partial charge >= 0.3 is 0 Å². The molecule has 0 atom stereocenters. The van der Waals surface area contributed by atoms with E-state index >= 15 is 0 Å². The first-order valence-corrected chi connectivity index (χ1v) is 9.77. The molecule has 0 unspecified atom stereocenters. The highest BCUT2D eigenvalue weighted by molar-refractivity contribution is 7.11. The van der Waals surface area contributed by atoms with Crippen LogP contribution in [0, 0.1) is 13.8 Å². The topological polar surface area (TPSA) is 63.1 Å². The summed E-state index contributed by atoms with van der Waals surface area (Å²) in [6.45, 7) is 10.7. The molecule has 0 spiro atoms. The second kappa shape index (κ2) is 7.66. The van der Waals surface area contributed by atoms with Crippen molar-refractivity contribution in [2.75, 3.05) is 13.1 Å². The van der Waals surface area contributed by atoms with E-state index in [1.165, 1.54) is 9.75 Å². The zero-order valence-corrected chi connectivity index (χ0v) is 16.3. The predicted octanol–water partition coefficient (Wildman–Crippen LogP) is 2.93. The third-order valence-corrected chi connectivity index (χ3v) is 5.78. The number of carbonyl (C=O) groups is 1. The van der Waals surface area contributed by atoms with Gasteiger partial charge in [-0.2, -0.15) is 0 Å². The molecule has 3 heterocycles. The molecule has 0 aliphatic carbocycles. The molecule has 6 nitrogen and oxygen atoms in total. The summed E-state index contributed by atoms with van der Waals surface area (Å²) < 4.78 is 1.95. The van der Waals surface area contributed by atoms with Gasteiger partial charge in [0.1, 0.15) is 0 Å².